The molecule has 0 amide bonds. The van der Waals surface area contributed by atoms with Gasteiger partial charge < -0.3 is 5.11 Å². The fourth-order valence-corrected chi connectivity index (χ4v) is 3.26. The molecule has 0 unspecified atom stereocenters. The number of benzene rings is 1. The monoisotopic (exact) mass is 261 g/mol. The molecule has 1 fully saturated rings. The van der Waals surface area contributed by atoms with Crippen molar-refractivity contribution in [3.63, 3.8) is 0 Å². The normalized spacial score (nSPS) is 22.3. The molecular weight excluding hydrogens is 234 g/mol. The average Bonchev–Trinajstić information content (AvgIpc) is 2.48. The highest BCUT2D eigenvalue weighted by Crippen LogP contribution is 2.30. The summed E-state index contributed by atoms with van der Waals surface area (Å²) in [5.41, 5.74) is 1.29. The van der Waals surface area contributed by atoms with E-state index in [1.54, 1.807) is 0 Å². The Morgan fingerprint density at radius 1 is 1.26 bits per heavy atom. The van der Waals surface area contributed by atoms with Crippen molar-refractivity contribution in [3.8, 4) is 0 Å². The second-order valence-corrected chi connectivity index (χ2v) is 5.65. The highest BCUT2D eigenvalue weighted by molar-refractivity contribution is 5.21. The van der Waals surface area contributed by atoms with Gasteiger partial charge in [0.1, 0.15) is 0 Å². The van der Waals surface area contributed by atoms with Gasteiger partial charge in [-0.15, -0.1) is 0 Å². The minimum Gasteiger partial charge on any atom is -0.396 e. The van der Waals surface area contributed by atoms with Crippen molar-refractivity contribution >= 4 is 0 Å². The molecule has 0 aliphatic carbocycles. The third kappa shape index (κ3) is 3.80. The topological polar surface area (TPSA) is 23.5 Å². The van der Waals surface area contributed by atoms with E-state index in [0.29, 0.717) is 6.04 Å². The van der Waals surface area contributed by atoms with Crippen LogP contribution >= 0.6 is 0 Å². The van der Waals surface area contributed by atoms with Gasteiger partial charge in [0.15, 0.2) is 0 Å². The molecule has 106 valence electrons. The summed E-state index contributed by atoms with van der Waals surface area (Å²) in [5.74, 6) is 0.276. The fraction of sp³-hybridized carbons (Fsp3) is 0.647. The second kappa shape index (κ2) is 7.66. The molecule has 1 aromatic rings. The predicted octanol–water partition coefficient (Wildman–Crippen LogP) is 3.42. The molecule has 0 saturated carbocycles. The molecule has 1 N–H and O–H groups in total. The van der Waals surface area contributed by atoms with E-state index < -0.39 is 0 Å². The molecule has 0 radical (unpaired) electrons. The molecule has 1 heterocycles. The van der Waals surface area contributed by atoms with Crippen molar-refractivity contribution in [1.82, 2.24) is 4.90 Å². The van der Waals surface area contributed by atoms with Crippen LogP contribution in [0.2, 0.25) is 0 Å². The first-order valence-corrected chi connectivity index (χ1v) is 7.76. The van der Waals surface area contributed by atoms with Gasteiger partial charge in [-0.3, -0.25) is 4.90 Å². The quantitative estimate of drug-likeness (QED) is 0.848. The number of aliphatic hydroxyl groups is 1. The predicted molar refractivity (Wildman–Crippen MR) is 80.4 cm³/mol. The van der Waals surface area contributed by atoms with Gasteiger partial charge in [-0.05, 0) is 37.9 Å². The van der Waals surface area contributed by atoms with Gasteiger partial charge in [0, 0.05) is 12.0 Å². The van der Waals surface area contributed by atoms with Crippen LogP contribution in [0.1, 0.15) is 50.5 Å². The number of rotatable bonds is 6. The number of hydrogen-bond acceptors (Lipinski definition) is 2. The molecule has 2 rings (SSSR count). The summed E-state index contributed by atoms with van der Waals surface area (Å²) in [7, 11) is 0. The first-order chi connectivity index (χ1) is 9.36. The van der Waals surface area contributed by atoms with E-state index in [1.165, 1.54) is 50.8 Å². The Bertz CT molecular complexity index is 352. The Morgan fingerprint density at radius 2 is 2.05 bits per heavy atom. The summed E-state index contributed by atoms with van der Waals surface area (Å²) in [6, 6.07) is 11.1. The van der Waals surface area contributed by atoms with Gasteiger partial charge in [0.25, 0.3) is 0 Å². The van der Waals surface area contributed by atoms with Crippen LogP contribution < -0.4 is 0 Å². The molecule has 1 aromatic carbocycles. The Balaban J connectivity index is 2.10. The first-order valence-electron chi connectivity index (χ1n) is 7.76. The van der Waals surface area contributed by atoms with E-state index >= 15 is 0 Å². The van der Waals surface area contributed by atoms with Crippen molar-refractivity contribution in [2.24, 2.45) is 0 Å². The Labute approximate surface area is 117 Å². The lowest BCUT2D eigenvalue weighted by atomic mass is 9.85. The number of nitrogens with zero attached hydrogens (tertiary/aromatic N) is 1. The third-order valence-electron chi connectivity index (χ3n) is 4.35. The number of unbranched alkanes of at least 4 members (excludes halogenated alkanes) is 1. The second-order valence-electron chi connectivity index (χ2n) is 5.65. The number of likely N-dealkylation sites (tertiary alicyclic amines) is 1. The Hall–Kier alpha value is -0.860. The molecule has 0 aromatic heterocycles. The van der Waals surface area contributed by atoms with Gasteiger partial charge in [0.2, 0.25) is 0 Å². The highest BCUT2D eigenvalue weighted by Gasteiger charge is 2.29. The molecule has 2 nitrogen and oxygen atoms in total. The smallest absolute Gasteiger partial charge is 0.0514 e. The zero-order chi connectivity index (χ0) is 13.5. The SMILES string of the molecule is CCCCN1CCCC[C@H]1[C@H](CO)c1ccccc1. The zero-order valence-corrected chi connectivity index (χ0v) is 12.1. The van der Waals surface area contributed by atoms with Gasteiger partial charge in [-0.1, -0.05) is 50.1 Å². The molecule has 19 heavy (non-hydrogen) atoms. The standard InChI is InChI=1S/C17H27NO/c1-2-3-12-18-13-8-7-11-17(18)16(14-19)15-9-5-4-6-10-15/h4-6,9-10,16-17,19H,2-3,7-8,11-14H2,1H3/t16-,17+/m1/s1. The van der Waals surface area contributed by atoms with Gasteiger partial charge in [-0.2, -0.15) is 0 Å². The molecule has 2 heteroatoms. The molecule has 1 aliphatic rings. The van der Waals surface area contributed by atoms with E-state index in [-0.39, 0.29) is 12.5 Å². The fourth-order valence-electron chi connectivity index (χ4n) is 3.26. The maximum atomic E-state index is 9.85. The van der Waals surface area contributed by atoms with E-state index in [2.05, 4.69) is 36.1 Å². The Kier molecular flexibility index (Phi) is 5.87. The summed E-state index contributed by atoms with van der Waals surface area (Å²) in [4.78, 5) is 2.61. The molecule has 2 atom stereocenters. The summed E-state index contributed by atoms with van der Waals surface area (Å²) in [6.45, 7) is 4.90. The third-order valence-corrected chi connectivity index (χ3v) is 4.35. The van der Waals surface area contributed by atoms with E-state index in [9.17, 15) is 5.11 Å². The lowest BCUT2D eigenvalue weighted by molar-refractivity contribution is 0.0974. The van der Waals surface area contributed by atoms with Crippen LogP contribution in [0, 0.1) is 0 Å². The minimum absolute atomic E-state index is 0.261. The van der Waals surface area contributed by atoms with Crippen LogP contribution in [-0.4, -0.2) is 35.7 Å². The zero-order valence-electron chi connectivity index (χ0n) is 12.1. The van der Waals surface area contributed by atoms with Crippen LogP contribution in [0.25, 0.3) is 0 Å². The summed E-state index contributed by atoms with van der Waals surface area (Å²) < 4.78 is 0. The lowest BCUT2D eigenvalue weighted by Crippen LogP contribution is -2.44. The summed E-state index contributed by atoms with van der Waals surface area (Å²) in [6.07, 6.45) is 6.36. The van der Waals surface area contributed by atoms with E-state index in [0.717, 1.165) is 0 Å². The van der Waals surface area contributed by atoms with Gasteiger partial charge in [0.05, 0.1) is 6.61 Å². The molecule has 1 saturated heterocycles. The molecule has 0 spiro atoms. The van der Waals surface area contributed by atoms with Gasteiger partial charge >= 0.3 is 0 Å². The number of hydrogen-bond donors (Lipinski definition) is 1. The number of aliphatic hydroxyl groups excluding tert-OH is 1. The average molecular weight is 261 g/mol. The maximum absolute atomic E-state index is 9.85. The molecule has 0 bridgehead atoms. The van der Waals surface area contributed by atoms with Crippen molar-refractivity contribution in [2.45, 2.75) is 51.0 Å². The minimum atomic E-state index is 0.261. The van der Waals surface area contributed by atoms with Crippen molar-refractivity contribution in [1.29, 1.82) is 0 Å². The molecule has 1 aliphatic heterocycles. The highest BCUT2D eigenvalue weighted by atomic mass is 16.3. The van der Waals surface area contributed by atoms with Crippen LogP contribution in [0.3, 0.4) is 0 Å². The van der Waals surface area contributed by atoms with Crippen LogP contribution in [0.15, 0.2) is 30.3 Å². The maximum Gasteiger partial charge on any atom is 0.0514 e. The van der Waals surface area contributed by atoms with E-state index in [4.69, 9.17) is 0 Å². The van der Waals surface area contributed by atoms with Crippen LogP contribution in [0.4, 0.5) is 0 Å². The van der Waals surface area contributed by atoms with Crippen LogP contribution in [-0.2, 0) is 0 Å². The van der Waals surface area contributed by atoms with Gasteiger partial charge in [-0.25, -0.2) is 0 Å². The van der Waals surface area contributed by atoms with Crippen molar-refractivity contribution in [3.05, 3.63) is 35.9 Å². The summed E-state index contributed by atoms with van der Waals surface area (Å²) >= 11 is 0. The Morgan fingerprint density at radius 3 is 2.74 bits per heavy atom. The van der Waals surface area contributed by atoms with Crippen molar-refractivity contribution < 1.29 is 5.11 Å². The largest absolute Gasteiger partial charge is 0.396 e. The van der Waals surface area contributed by atoms with E-state index in [1.807, 2.05) is 6.07 Å². The first kappa shape index (κ1) is 14.5. The lowest BCUT2D eigenvalue weighted by Gasteiger charge is -2.40. The van der Waals surface area contributed by atoms with Crippen molar-refractivity contribution in [2.75, 3.05) is 19.7 Å². The summed E-state index contributed by atoms with van der Waals surface area (Å²) in [5, 5.41) is 9.85. The molecular formula is C17H27NO. The number of piperidine rings is 1. The van der Waals surface area contributed by atoms with Crippen LogP contribution in [0.5, 0.6) is 0 Å².